The number of carbonyl (C=O) groups excluding carboxylic acids is 2. The van der Waals surface area contributed by atoms with E-state index in [4.69, 9.17) is 4.42 Å². The molecule has 0 fully saturated rings. The van der Waals surface area contributed by atoms with E-state index in [0.29, 0.717) is 17.0 Å². The SMILES string of the molecule is Cc1ccc(NC(=O)/C(=C/c2ccco2)NC(=O)c2ccccc2)cc1. The van der Waals surface area contributed by atoms with Gasteiger partial charge < -0.3 is 15.1 Å². The van der Waals surface area contributed by atoms with Crippen LogP contribution in [-0.2, 0) is 4.79 Å². The highest BCUT2D eigenvalue weighted by molar-refractivity contribution is 6.10. The van der Waals surface area contributed by atoms with E-state index in [1.165, 1.54) is 12.3 Å². The molecule has 0 atom stereocenters. The predicted octanol–water partition coefficient (Wildman–Crippen LogP) is 4.00. The summed E-state index contributed by atoms with van der Waals surface area (Å²) in [5.74, 6) is -0.343. The smallest absolute Gasteiger partial charge is 0.272 e. The van der Waals surface area contributed by atoms with Crippen molar-refractivity contribution < 1.29 is 14.0 Å². The molecule has 1 heterocycles. The molecule has 5 nitrogen and oxygen atoms in total. The van der Waals surface area contributed by atoms with E-state index in [1.54, 1.807) is 48.5 Å². The van der Waals surface area contributed by atoms with Gasteiger partial charge in [0.15, 0.2) is 0 Å². The van der Waals surface area contributed by atoms with Gasteiger partial charge in [0, 0.05) is 17.3 Å². The van der Waals surface area contributed by atoms with Gasteiger partial charge in [-0.3, -0.25) is 9.59 Å². The second-order valence-electron chi connectivity index (χ2n) is 5.71. The van der Waals surface area contributed by atoms with Crippen LogP contribution in [0.1, 0.15) is 21.7 Å². The lowest BCUT2D eigenvalue weighted by atomic mass is 10.2. The van der Waals surface area contributed by atoms with Gasteiger partial charge in [0.25, 0.3) is 11.8 Å². The average Bonchev–Trinajstić information content (AvgIpc) is 3.17. The molecular formula is C21H18N2O3. The topological polar surface area (TPSA) is 71.3 Å². The zero-order valence-corrected chi connectivity index (χ0v) is 14.2. The summed E-state index contributed by atoms with van der Waals surface area (Å²) in [5, 5.41) is 5.43. The Balaban J connectivity index is 1.82. The van der Waals surface area contributed by atoms with E-state index < -0.39 is 5.91 Å². The van der Waals surface area contributed by atoms with E-state index in [2.05, 4.69) is 10.6 Å². The molecule has 3 aromatic rings. The zero-order chi connectivity index (χ0) is 18.4. The molecule has 2 amide bonds. The summed E-state index contributed by atoms with van der Waals surface area (Å²) in [4.78, 5) is 25.1. The predicted molar refractivity (Wildman–Crippen MR) is 100 cm³/mol. The molecule has 2 N–H and O–H groups in total. The molecule has 2 aromatic carbocycles. The largest absolute Gasteiger partial charge is 0.465 e. The maximum absolute atomic E-state index is 12.7. The van der Waals surface area contributed by atoms with Crippen LogP contribution in [-0.4, -0.2) is 11.8 Å². The van der Waals surface area contributed by atoms with Crippen LogP contribution in [0, 0.1) is 6.92 Å². The first-order valence-electron chi connectivity index (χ1n) is 8.11. The number of hydrogen-bond acceptors (Lipinski definition) is 3. The molecule has 0 unspecified atom stereocenters. The summed E-state index contributed by atoms with van der Waals surface area (Å²) < 4.78 is 5.26. The third-order valence-corrected chi connectivity index (χ3v) is 3.67. The molecule has 0 bridgehead atoms. The first-order chi connectivity index (χ1) is 12.6. The standard InChI is InChI=1S/C21H18N2O3/c1-15-9-11-17(12-10-15)22-21(25)19(14-18-8-5-13-26-18)23-20(24)16-6-3-2-4-7-16/h2-14H,1H3,(H,22,25)(H,23,24)/b19-14-. The van der Waals surface area contributed by atoms with Gasteiger partial charge in [-0.15, -0.1) is 0 Å². The summed E-state index contributed by atoms with van der Waals surface area (Å²) in [7, 11) is 0. The molecule has 0 aliphatic heterocycles. The fourth-order valence-electron chi connectivity index (χ4n) is 2.29. The Morgan fingerprint density at radius 3 is 2.31 bits per heavy atom. The van der Waals surface area contributed by atoms with Crippen molar-refractivity contribution in [3.05, 3.63) is 95.6 Å². The van der Waals surface area contributed by atoms with Gasteiger partial charge in [0.1, 0.15) is 11.5 Å². The number of hydrogen-bond donors (Lipinski definition) is 2. The Labute approximate surface area is 151 Å². The van der Waals surface area contributed by atoms with Crippen molar-refractivity contribution in [2.75, 3.05) is 5.32 Å². The minimum atomic E-state index is -0.436. The highest BCUT2D eigenvalue weighted by atomic mass is 16.3. The fourth-order valence-corrected chi connectivity index (χ4v) is 2.29. The summed E-state index contributed by atoms with van der Waals surface area (Å²) in [6.07, 6.45) is 2.99. The molecule has 3 rings (SSSR count). The quantitative estimate of drug-likeness (QED) is 0.686. The molecule has 0 aliphatic rings. The zero-order valence-electron chi connectivity index (χ0n) is 14.2. The monoisotopic (exact) mass is 346 g/mol. The summed E-state index contributed by atoms with van der Waals surface area (Å²) in [6.45, 7) is 1.97. The van der Waals surface area contributed by atoms with E-state index in [1.807, 2.05) is 25.1 Å². The average molecular weight is 346 g/mol. The number of amides is 2. The third-order valence-electron chi connectivity index (χ3n) is 3.67. The number of benzene rings is 2. The van der Waals surface area contributed by atoms with Gasteiger partial charge in [0.05, 0.1) is 6.26 Å². The molecule has 0 saturated carbocycles. The van der Waals surface area contributed by atoms with Crippen molar-refractivity contribution in [1.82, 2.24) is 5.32 Å². The summed E-state index contributed by atoms with van der Waals surface area (Å²) in [6, 6.07) is 19.5. The van der Waals surface area contributed by atoms with Crippen molar-refractivity contribution in [3.63, 3.8) is 0 Å². The number of anilines is 1. The lowest BCUT2D eigenvalue weighted by Gasteiger charge is -2.11. The maximum Gasteiger partial charge on any atom is 0.272 e. The lowest BCUT2D eigenvalue weighted by molar-refractivity contribution is -0.113. The number of nitrogens with one attached hydrogen (secondary N) is 2. The number of furan rings is 1. The Morgan fingerprint density at radius 2 is 1.65 bits per heavy atom. The van der Waals surface area contributed by atoms with Gasteiger partial charge in [-0.1, -0.05) is 35.9 Å². The van der Waals surface area contributed by atoms with Crippen LogP contribution >= 0.6 is 0 Å². The molecular weight excluding hydrogens is 328 g/mol. The van der Waals surface area contributed by atoms with Crippen LogP contribution in [0.5, 0.6) is 0 Å². The summed E-state index contributed by atoms with van der Waals surface area (Å²) in [5.41, 5.74) is 2.28. The van der Waals surface area contributed by atoms with Crippen LogP contribution in [0.25, 0.3) is 6.08 Å². The highest BCUT2D eigenvalue weighted by Gasteiger charge is 2.15. The minimum absolute atomic E-state index is 0.0920. The molecule has 1 aromatic heterocycles. The van der Waals surface area contributed by atoms with Crippen molar-refractivity contribution in [3.8, 4) is 0 Å². The molecule has 5 heteroatoms. The second kappa shape index (κ2) is 7.98. The molecule has 0 aliphatic carbocycles. The van der Waals surface area contributed by atoms with Gasteiger partial charge >= 0.3 is 0 Å². The Hall–Kier alpha value is -3.60. The number of carbonyl (C=O) groups is 2. The van der Waals surface area contributed by atoms with Crippen LogP contribution < -0.4 is 10.6 Å². The van der Waals surface area contributed by atoms with Crippen LogP contribution in [0.3, 0.4) is 0 Å². The second-order valence-corrected chi connectivity index (χ2v) is 5.71. The van der Waals surface area contributed by atoms with Crippen LogP contribution in [0.2, 0.25) is 0 Å². The number of aryl methyl sites for hydroxylation is 1. The molecule has 130 valence electrons. The van der Waals surface area contributed by atoms with Crippen LogP contribution in [0.4, 0.5) is 5.69 Å². The van der Waals surface area contributed by atoms with E-state index in [0.717, 1.165) is 5.56 Å². The van der Waals surface area contributed by atoms with Crippen molar-refractivity contribution >= 4 is 23.6 Å². The Kier molecular flexibility index (Phi) is 5.29. The Bertz CT molecular complexity index is 912. The first kappa shape index (κ1) is 17.2. The molecule has 0 radical (unpaired) electrons. The molecule has 0 saturated heterocycles. The maximum atomic E-state index is 12.7. The highest BCUT2D eigenvalue weighted by Crippen LogP contribution is 2.12. The van der Waals surface area contributed by atoms with Gasteiger partial charge in [-0.25, -0.2) is 0 Å². The van der Waals surface area contributed by atoms with Crippen molar-refractivity contribution in [2.24, 2.45) is 0 Å². The lowest BCUT2D eigenvalue weighted by Crippen LogP contribution is -2.30. The van der Waals surface area contributed by atoms with E-state index >= 15 is 0 Å². The van der Waals surface area contributed by atoms with Crippen molar-refractivity contribution in [1.29, 1.82) is 0 Å². The van der Waals surface area contributed by atoms with Gasteiger partial charge in [-0.05, 0) is 43.3 Å². The number of rotatable bonds is 5. The fraction of sp³-hybridized carbons (Fsp3) is 0.0476. The Morgan fingerprint density at radius 1 is 0.923 bits per heavy atom. The first-order valence-corrected chi connectivity index (χ1v) is 8.11. The minimum Gasteiger partial charge on any atom is -0.465 e. The summed E-state index contributed by atoms with van der Waals surface area (Å²) >= 11 is 0. The van der Waals surface area contributed by atoms with E-state index in [9.17, 15) is 9.59 Å². The third kappa shape index (κ3) is 4.48. The molecule has 0 spiro atoms. The van der Waals surface area contributed by atoms with Gasteiger partial charge in [-0.2, -0.15) is 0 Å². The van der Waals surface area contributed by atoms with E-state index in [-0.39, 0.29) is 11.6 Å². The van der Waals surface area contributed by atoms with Gasteiger partial charge in [0.2, 0.25) is 0 Å². The normalized spacial score (nSPS) is 11.0. The van der Waals surface area contributed by atoms with Crippen LogP contribution in [0.15, 0.2) is 83.1 Å². The molecule has 26 heavy (non-hydrogen) atoms. The van der Waals surface area contributed by atoms with Crippen molar-refractivity contribution in [2.45, 2.75) is 6.92 Å².